The summed E-state index contributed by atoms with van der Waals surface area (Å²) in [6, 6.07) is 17.4. The lowest BCUT2D eigenvalue weighted by Crippen LogP contribution is -2.36. The predicted octanol–water partition coefficient (Wildman–Crippen LogP) is 7.08. The molecule has 0 saturated heterocycles. The normalized spacial score (nSPS) is 12.3. The Bertz CT molecular complexity index is 1390. The van der Waals surface area contributed by atoms with E-state index in [0.29, 0.717) is 28.9 Å². The number of ether oxygens (including phenoxy) is 1. The number of carbonyl (C=O) groups is 2. The van der Waals surface area contributed by atoms with Gasteiger partial charge in [-0.15, -0.1) is 0 Å². The number of rotatable bonds is 12. The predicted molar refractivity (Wildman–Crippen MR) is 146 cm³/mol. The van der Waals surface area contributed by atoms with Crippen molar-refractivity contribution in [2.45, 2.75) is 50.6 Å². The van der Waals surface area contributed by atoms with Gasteiger partial charge in [-0.25, -0.2) is 9.59 Å². The van der Waals surface area contributed by atoms with Crippen LogP contribution in [0.5, 0.6) is 5.75 Å². The van der Waals surface area contributed by atoms with Crippen LogP contribution in [0.2, 0.25) is 0 Å². The molecule has 0 unspecified atom stereocenters. The van der Waals surface area contributed by atoms with Gasteiger partial charge in [0.15, 0.2) is 0 Å². The van der Waals surface area contributed by atoms with Gasteiger partial charge in [-0.1, -0.05) is 30.3 Å². The van der Waals surface area contributed by atoms with Crippen molar-refractivity contribution in [3.63, 3.8) is 0 Å². The van der Waals surface area contributed by atoms with E-state index >= 15 is 0 Å². The number of benzene rings is 3. The lowest BCUT2D eigenvalue weighted by molar-refractivity contribution is -0.284. The van der Waals surface area contributed by atoms with E-state index in [0.717, 1.165) is 5.56 Å². The third kappa shape index (κ3) is 9.06. The third-order valence-corrected chi connectivity index (χ3v) is 6.35. The van der Waals surface area contributed by atoms with Gasteiger partial charge in [0, 0.05) is 23.4 Å². The summed E-state index contributed by atoms with van der Waals surface area (Å²) >= 11 is 0. The second kappa shape index (κ2) is 13.3. The minimum absolute atomic E-state index is 0.134. The zero-order valence-electron chi connectivity index (χ0n) is 21.9. The summed E-state index contributed by atoms with van der Waals surface area (Å²) in [5.74, 6) is -6.21. The number of aliphatic carboxylic acids is 1. The summed E-state index contributed by atoms with van der Waals surface area (Å²) in [5.41, 5.74) is 15.1. The van der Waals surface area contributed by atoms with E-state index in [1.165, 1.54) is 30.3 Å². The average Bonchev–Trinajstić information content (AvgIpc) is 2.90. The van der Waals surface area contributed by atoms with E-state index < -0.39 is 30.5 Å². The van der Waals surface area contributed by atoms with E-state index in [1.54, 1.807) is 42.5 Å². The molecule has 6 nitrogen and oxygen atoms in total. The Kier molecular flexibility index (Phi) is 10.1. The highest BCUT2D eigenvalue weighted by Crippen LogP contribution is 2.39. The molecule has 0 aliphatic carbocycles. The molecule has 3 rings (SSSR count). The van der Waals surface area contributed by atoms with Gasteiger partial charge in [-0.05, 0) is 91.3 Å². The van der Waals surface area contributed by atoms with Crippen molar-refractivity contribution in [2.75, 3.05) is 11.5 Å². The highest BCUT2D eigenvalue weighted by atomic mass is 19.4. The molecule has 11 heteroatoms. The SMILES string of the molecule is Nc1ccc(CCC(=Cc2ccc(OC(=O)c3ccc(CCCCC(F)(F)C(F)(F)F)cc3)cc2)C(=O)O)c(N)c1. The van der Waals surface area contributed by atoms with E-state index in [-0.39, 0.29) is 42.6 Å². The van der Waals surface area contributed by atoms with Gasteiger partial charge in [0.25, 0.3) is 0 Å². The number of alkyl halides is 5. The third-order valence-electron chi connectivity index (χ3n) is 6.35. The molecule has 0 aliphatic heterocycles. The maximum absolute atomic E-state index is 13.0. The average molecular weight is 577 g/mol. The molecule has 41 heavy (non-hydrogen) atoms. The monoisotopic (exact) mass is 576 g/mol. The van der Waals surface area contributed by atoms with Crippen molar-refractivity contribution < 1.29 is 41.4 Å². The second-order valence-corrected chi connectivity index (χ2v) is 9.50. The Morgan fingerprint density at radius 2 is 1.51 bits per heavy atom. The van der Waals surface area contributed by atoms with Gasteiger partial charge >= 0.3 is 24.0 Å². The van der Waals surface area contributed by atoms with Gasteiger partial charge in [0.2, 0.25) is 0 Å². The number of carboxylic acids is 1. The Morgan fingerprint density at radius 1 is 0.854 bits per heavy atom. The minimum Gasteiger partial charge on any atom is -0.478 e. The van der Waals surface area contributed by atoms with E-state index in [2.05, 4.69) is 0 Å². The first kappa shape index (κ1) is 31.1. The highest BCUT2D eigenvalue weighted by molar-refractivity contribution is 5.92. The number of hydrogen-bond donors (Lipinski definition) is 3. The topological polar surface area (TPSA) is 116 Å². The van der Waals surface area contributed by atoms with Crippen LogP contribution in [0.1, 0.15) is 52.7 Å². The molecule has 218 valence electrons. The molecule has 0 saturated carbocycles. The van der Waals surface area contributed by atoms with Gasteiger partial charge < -0.3 is 21.3 Å². The molecular formula is C30H29F5N2O4. The minimum atomic E-state index is -5.55. The van der Waals surface area contributed by atoms with Crippen LogP contribution in [0.3, 0.4) is 0 Å². The number of unbranched alkanes of at least 4 members (excludes halogenated alkanes) is 1. The quantitative estimate of drug-likeness (QED) is 0.0530. The van der Waals surface area contributed by atoms with Crippen molar-refractivity contribution in [3.05, 3.63) is 94.6 Å². The molecule has 5 N–H and O–H groups in total. The van der Waals surface area contributed by atoms with Crippen LogP contribution in [0.25, 0.3) is 6.08 Å². The fraction of sp³-hybridized carbons (Fsp3) is 0.267. The Labute approximate surface area is 233 Å². The number of anilines is 2. The summed E-state index contributed by atoms with van der Waals surface area (Å²) in [7, 11) is 0. The first-order chi connectivity index (χ1) is 19.2. The summed E-state index contributed by atoms with van der Waals surface area (Å²) in [6.45, 7) is 0. The van der Waals surface area contributed by atoms with Crippen molar-refractivity contribution in [2.24, 2.45) is 0 Å². The molecule has 0 atom stereocenters. The van der Waals surface area contributed by atoms with Crippen LogP contribution in [0, 0.1) is 0 Å². The first-order valence-electron chi connectivity index (χ1n) is 12.7. The van der Waals surface area contributed by atoms with Crippen molar-refractivity contribution in [3.8, 4) is 5.75 Å². The molecule has 3 aromatic carbocycles. The molecule has 0 heterocycles. The number of halogens is 5. The smallest absolute Gasteiger partial charge is 0.453 e. The molecule has 0 spiro atoms. The number of nitrogens with two attached hydrogens (primary N) is 2. The summed E-state index contributed by atoms with van der Waals surface area (Å²) in [4.78, 5) is 24.2. The highest BCUT2D eigenvalue weighted by Gasteiger charge is 2.56. The lowest BCUT2D eigenvalue weighted by Gasteiger charge is -2.19. The van der Waals surface area contributed by atoms with Crippen LogP contribution >= 0.6 is 0 Å². The van der Waals surface area contributed by atoms with Gasteiger partial charge in [0.05, 0.1) is 5.56 Å². The van der Waals surface area contributed by atoms with Crippen LogP contribution in [-0.4, -0.2) is 29.1 Å². The van der Waals surface area contributed by atoms with Crippen molar-refractivity contribution in [1.82, 2.24) is 0 Å². The number of carbonyl (C=O) groups excluding carboxylic acids is 1. The lowest BCUT2D eigenvalue weighted by atomic mass is 10.0. The molecule has 3 aromatic rings. The zero-order valence-corrected chi connectivity index (χ0v) is 21.9. The van der Waals surface area contributed by atoms with Crippen LogP contribution < -0.4 is 16.2 Å². The van der Waals surface area contributed by atoms with E-state index in [9.17, 15) is 36.6 Å². The molecule has 0 aromatic heterocycles. The van der Waals surface area contributed by atoms with Crippen LogP contribution in [0.4, 0.5) is 33.3 Å². The van der Waals surface area contributed by atoms with Gasteiger partial charge in [-0.3, -0.25) is 0 Å². The maximum atomic E-state index is 13.0. The molecule has 0 bridgehead atoms. The van der Waals surface area contributed by atoms with Crippen LogP contribution in [0.15, 0.2) is 72.3 Å². The van der Waals surface area contributed by atoms with Crippen molar-refractivity contribution in [1.29, 1.82) is 0 Å². The fourth-order valence-corrected chi connectivity index (χ4v) is 3.98. The number of nitrogen functional groups attached to an aromatic ring is 2. The summed E-state index contributed by atoms with van der Waals surface area (Å²) < 4.78 is 68.0. The number of esters is 1. The largest absolute Gasteiger partial charge is 0.478 e. The van der Waals surface area contributed by atoms with Gasteiger partial charge in [-0.2, -0.15) is 22.0 Å². The Morgan fingerprint density at radius 3 is 2.10 bits per heavy atom. The Hall–Kier alpha value is -4.41. The standard InChI is InChI=1S/C30H29F5N2O4/c31-29(32,30(33,34)35)16-2-1-3-19-4-8-22(9-5-19)28(40)41-25-14-6-20(7-15-25)17-23(27(38)39)11-10-21-12-13-24(36)18-26(21)37/h4-9,12-15,17-18H,1-3,10-11,16,36-37H2,(H,38,39). The maximum Gasteiger partial charge on any atom is 0.453 e. The number of hydrogen-bond acceptors (Lipinski definition) is 5. The van der Waals surface area contributed by atoms with Crippen molar-refractivity contribution >= 4 is 29.4 Å². The van der Waals surface area contributed by atoms with E-state index in [4.69, 9.17) is 16.2 Å². The Balaban J connectivity index is 1.53. The number of carboxylic acid groups (broad SMARTS) is 1. The molecule has 0 fully saturated rings. The number of aryl methyl sites for hydroxylation is 2. The zero-order chi connectivity index (χ0) is 30.2. The molecule has 0 amide bonds. The van der Waals surface area contributed by atoms with Crippen LogP contribution in [-0.2, 0) is 17.6 Å². The van der Waals surface area contributed by atoms with E-state index in [1.807, 2.05) is 0 Å². The second-order valence-electron chi connectivity index (χ2n) is 9.50. The molecule has 0 aliphatic rings. The van der Waals surface area contributed by atoms with Gasteiger partial charge in [0.1, 0.15) is 5.75 Å². The molecular weight excluding hydrogens is 547 g/mol. The fourth-order valence-electron chi connectivity index (χ4n) is 3.98. The first-order valence-corrected chi connectivity index (χ1v) is 12.7. The summed E-state index contributed by atoms with van der Waals surface area (Å²) in [6.07, 6.45) is -4.55. The molecule has 0 radical (unpaired) electrons. The summed E-state index contributed by atoms with van der Waals surface area (Å²) in [5, 5.41) is 9.61.